The minimum absolute atomic E-state index is 0.354. The van der Waals surface area contributed by atoms with Gasteiger partial charge in [-0.3, -0.25) is 4.79 Å². The Hall–Kier alpha value is -0.950. The van der Waals surface area contributed by atoms with Gasteiger partial charge in [0.25, 0.3) is 0 Å². The van der Waals surface area contributed by atoms with Crippen LogP contribution in [0.4, 0.5) is 5.13 Å². The quantitative estimate of drug-likeness (QED) is 0.923. The van der Waals surface area contributed by atoms with Gasteiger partial charge >= 0.3 is 0 Å². The first-order chi connectivity index (χ1) is 8.66. The second-order valence-electron chi connectivity index (χ2n) is 5.37. The van der Waals surface area contributed by atoms with Crippen molar-refractivity contribution in [2.75, 3.05) is 5.32 Å². The van der Waals surface area contributed by atoms with E-state index in [4.69, 9.17) is 0 Å². The lowest BCUT2D eigenvalue weighted by atomic mass is 10.2. The lowest BCUT2D eigenvalue weighted by Crippen LogP contribution is -2.46. The van der Waals surface area contributed by atoms with Gasteiger partial charge in [0.15, 0.2) is 15.0 Å². The number of nitrogens with one attached hydrogen (secondary N) is 1. The lowest BCUT2D eigenvalue weighted by molar-refractivity contribution is -0.117. The maximum Gasteiger partial charge on any atom is 0.247 e. The summed E-state index contributed by atoms with van der Waals surface area (Å²) in [4.78, 5) is 17.4. The number of sulfone groups is 1. The van der Waals surface area contributed by atoms with Gasteiger partial charge in [-0.2, -0.15) is 0 Å². The van der Waals surface area contributed by atoms with Crippen LogP contribution in [-0.2, 0) is 14.6 Å². The van der Waals surface area contributed by atoms with Crippen LogP contribution < -0.4 is 5.32 Å². The molecular weight excluding hydrogens is 284 g/mol. The molecule has 1 aliphatic rings. The minimum atomic E-state index is -3.42. The molecule has 7 heteroatoms. The van der Waals surface area contributed by atoms with Crippen molar-refractivity contribution in [3.05, 3.63) is 10.6 Å². The van der Waals surface area contributed by atoms with Gasteiger partial charge in [0.1, 0.15) is 4.75 Å². The van der Waals surface area contributed by atoms with Crippen molar-refractivity contribution >= 4 is 32.2 Å². The van der Waals surface area contributed by atoms with E-state index in [9.17, 15) is 13.2 Å². The molecular formula is C12H18N2O3S2. The van der Waals surface area contributed by atoms with E-state index in [-0.39, 0.29) is 5.25 Å². The van der Waals surface area contributed by atoms with Crippen LogP contribution in [0.3, 0.4) is 0 Å². The fraction of sp³-hybridized carbons (Fsp3) is 0.667. The van der Waals surface area contributed by atoms with Crippen molar-refractivity contribution in [3.63, 3.8) is 0 Å². The zero-order valence-corrected chi connectivity index (χ0v) is 13.1. The zero-order chi connectivity index (χ0) is 14.4. The van der Waals surface area contributed by atoms with Crippen LogP contribution in [0.1, 0.15) is 37.3 Å². The van der Waals surface area contributed by atoms with Crippen molar-refractivity contribution in [2.24, 2.45) is 0 Å². The minimum Gasteiger partial charge on any atom is -0.301 e. The van der Waals surface area contributed by atoms with E-state index in [0.717, 1.165) is 10.6 Å². The van der Waals surface area contributed by atoms with Crippen LogP contribution in [0.5, 0.6) is 0 Å². The fourth-order valence-corrected chi connectivity index (χ4v) is 4.41. The van der Waals surface area contributed by atoms with Crippen LogP contribution in [0, 0.1) is 13.8 Å². The van der Waals surface area contributed by atoms with Gasteiger partial charge in [-0.05, 0) is 40.5 Å². The molecule has 0 radical (unpaired) electrons. The molecule has 2 rings (SSSR count). The standard InChI is InChI=1S/C12H18N2O3S2/c1-7-8(2)18-11(13-7)14-10(15)12(3,4)19(16,17)9-5-6-9/h9H,5-6H2,1-4H3,(H,13,14,15). The molecule has 1 heterocycles. The molecule has 1 aliphatic carbocycles. The van der Waals surface area contributed by atoms with Crippen LogP contribution in [0.2, 0.25) is 0 Å². The van der Waals surface area contributed by atoms with Crippen molar-refractivity contribution in [2.45, 2.75) is 50.5 Å². The third kappa shape index (κ3) is 2.53. The highest BCUT2D eigenvalue weighted by Gasteiger charge is 2.50. The number of amides is 1. The number of rotatable bonds is 4. The highest BCUT2D eigenvalue weighted by Crippen LogP contribution is 2.36. The molecule has 1 fully saturated rings. The van der Waals surface area contributed by atoms with Gasteiger partial charge in [-0.25, -0.2) is 13.4 Å². The number of aromatic nitrogens is 1. The molecule has 0 atom stereocenters. The van der Waals surface area contributed by atoms with Crippen LogP contribution in [0.15, 0.2) is 0 Å². The Morgan fingerprint density at radius 3 is 2.37 bits per heavy atom. The molecule has 0 aromatic carbocycles. The number of carbonyl (C=O) groups is 1. The number of hydrogen-bond donors (Lipinski definition) is 1. The average molecular weight is 302 g/mol. The number of aryl methyl sites for hydroxylation is 2. The first-order valence-electron chi connectivity index (χ1n) is 6.15. The Labute approximate surface area is 117 Å². The van der Waals surface area contributed by atoms with Gasteiger partial charge in [0, 0.05) is 4.88 Å². The smallest absolute Gasteiger partial charge is 0.247 e. The molecule has 1 aromatic heterocycles. The Bertz CT molecular complexity index is 593. The number of carbonyl (C=O) groups excluding carboxylic acids is 1. The molecule has 106 valence electrons. The molecule has 0 aliphatic heterocycles. The van der Waals surface area contributed by atoms with Gasteiger partial charge < -0.3 is 5.32 Å². The number of thiazole rings is 1. The van der Waals surface area contributed by atoms with Gasteiger partial charge in [-0.15, -0.1) is 11.3 Å². The van der Waals surface area contributed by atoms with Crippen molar-refractivity contribution in [3.8, 4) is 0 Å². The Balaban J connectivity index is 2.19. The number of hydrogen-bond acceptors (Lipinski definition) is 5. The van der Waals surface area contributed by atoms with E-state index < -0.39 is 20.5 Å². The SMILES string of the molecule is Cc1nc(NC(=O)C(C)(C)S(=O)(=O)C2CC2)sc1C. The van der Waals surface area contributed by atoms with E-state index in [2.05, 4.69) is 10.3 Å². The zero-order valence-electron chi connectivity index (χ0n) is 11.5. The van der Waals surface area contributed by atoms with Gasteiger partial charge in [0.2, 0.25) is 5.91 Å². The van der Waals surface area contributed by atoms with E-state index in [0.29, 0.717) is 18.0 Å². The van der Waals surface area contributed by atoms with E-state index in [1.807, 2.05) is 13.8 Å². The Morgan fingerprint density at radius 2 is 1.95 bits per heavy atom. The lowest BCUT2D eigenvalue weighted by Gasteiger charge is -2.22. The van der Waals surface area contributed by atoms with E-state index in [1.165, 1.54) is 25.2 Å². The Kier molecular flexibility index (Phi) is 3.47. The maximum atomic E-state index is 12.2. The van der Waals surface area contributed by atoms with Crippen molar-refractivity contribution in [1.82, 2.24) is 4.98 Å². The molecule has 0 bridgehead atoms. The molecule has 1 N–H and O–H groups in total. The molecule has 0 saturated heterocycles. The summed E-state index contributed by atoms with van der Waals surface area (Å²) in [6.45, 7) is 6.69. The van der Waals surface area contributed by atoms with Crippen molar-refractivity contribution < 1.29 is 13.2 Å². The molecule has 19 heavy (non-hydrogen) atoms. The van der Waals surface area contributed by atoms with Crippen LogP contribution in [-0.4, -0.2) is 29.3 Å². The second-order valence-corrected chi connectivity index (χ2v) is 9.35. The maximum absolute atomic E-state index is 12.2. The summed E-state index contributed by atoms with van der Waals surface area (Å²) >= 11 is 1.36. The Morgan fingerprint density at radius 1 is 1.37 bits per heavy atom. The second kappa shape index (κ2) is 4.56. The monoisotopic (exact) mass is 302 g/mol. The largest absolute Gasteiger partial charge is 0.301 e. The van der Waals surface area contributed by atoms with E-state index in [1.54, 1.807) is 0 Å². The predicted molar refractivity (Wildman–Crippen MR) is 76.2 cm³/mol. The summed E-state index contributed by atoms with van der Waals surface area (Å²) in [6, 6.07) is 0. The summed E-state index contributed by atoms with van der Waals surface area (Å²) in [5.74, 6) is -0.506. The molecule has 1 saturated carbocycles. The summed E-state index contributed by atoms with van der Waals surface area (Å²) in [5.41, 5.74) is 0.850. The summed E-state index contributed by atoms with van der Waals surface area (Å²) in [5, 5.41) is 2.73. The number of anilines is 1. The molecule has 1 aromatic rings. The summed E-state index contributed by atoms with van der Waals surface area (Å²) < 4.78 is 23.1. The fourth-order valence-electron chi connectivity index (χ4n) is 1.70. The van der Waals surface area contributed by atoms with Crippen LogP contribution in [0.25, 0.3) is 0 Å². The summed E-state index contributed by atoms with van der Waals surface area (Å²) in [6.07, 6.45) is 1.32. The molecule has 5 nitrogen and oxygen atoms in total. The number of nitrogens with zero attached hydrogens (tertiary/aromatic N) is 1. The normalized spacial score (nSPS) is 16.4. The average Bonchev–Trinajstić information content (AvgIpc) is 3.08. The first kappa shape index (κ1) is 14.5. The third-order valence-electron chi connectivity index (χ3n) is 3.47. The topological polar surface area (TPSA) is 76.1 Å². The molecule has 0 unspecified atom stereocenters. The highest BCUT2D eigenvalue weighted by molar-refractivity contribution is 7.94. The van der Waals surface area contributed by atoms with Gasteiger partial charge in [-0.1, -0.05) is 0 Å². The molecule has 0 spiro atoms. The highest BCUT2D eigenvalue weighted by atomic mass is 32.2. The van der Waals surface area contributed by atoms with Crippen molar-refractivity contribution in [1.29, 1.82) is 0 Å². The van der Waals surface area contributed by atoms with Crippen LogP contribution >= 0.6 is 11.3 Å². The molecule has 1 amide bonds. The summed E-state index contributed by atoms with van der Waals surface area (Å²) in [7, 11) is -3.42. The predicted octanol–water partition coefficient (Wildman–Crippen LogP) is 2.05. The third-order valence-corrected chi connectivity index (χ3v) is 7.42. The van der Waals surface area contributed by atoms with E-state index >= 15 is 0 Å². The first-order valence-corrected chi connectivity index (χ1v) is 8.51. The van der Waals surface area contributed by atoms with Gasteiger partial charge in [0.05, 0.1) is 10.9 Å².